The second kappa shape index (κ2) is 5.63. The number of imidazole rings is 1. The summed E-state index contributed by atoms with van der Waals surface area (Å²) in [6, 6.07) is 4.99. The molecule has 3 rings (SSSR count). The van der Waals surface area contributed by atoms with Crippen molar-refractivity contribution in [1.29, 1.82) is 0 Å². The van der Waals surface area contributed by atoms with Gasteiger partial charge in [-0.1, -0.05) is 11.6 Å². The molecule has 0 fully saturated rings. The second-order valence-electron chi connectivity index (χ2n) is 4.81. The lowest BCUT2D eigenvalue weighted by Gasteiger charge is -2.10. The van der Waals surface area contributed by atoms with Crippen LogP contribution in [0.15, 0.2) is 35.9 Å². The number of nitrogens with one attached hydrogen (secondary N) is 1. The van der Waals surface area contributed by atoms with Gasteiger partial charge in [0.05, 0.1) is 12.0 Å². The molecule has 1 N–H and O–H groups in total. The molecule has 2 aromatic heterocycles. The fraction of sp³-hybridized carbons (Fsp3) is 0.167. The van der Waals surface area contributed by atoms with E-state index in [1.807, 2.05) is 6.92 Å². The van der Waals surface area contributed by atoms with Crippen molar-refractivity contribution in [1.82, 2.24) is 29.8 Å². The highest BCUT2D eigenvalue weighted by Crippen LogP contribution is 2.23. The Kier molecular flexibility index (Phi) is 3.78. The quantitative estimate of drug-likeness (QED) is 0.754. The first-order valence-electron chi connectivity index (χ1n) is 6.42. The summed E-state index contributed by atoms with van der Waals surface area (Å²) in [6.07, 6.45) is 2.79. The summed E-state index contributed by atoms with van der Waals surface area (Å²) < 4.78 is 30.1. The summed E-state index contributed by atoms with van der Waals surface area (Å²) >= 11 is 5.94. The molecule has 120 valence electrons. The standard InChI is InChI=1S/C12H12ClN7O2S/c1-8-5-9(3-4-10(8)20-7-15-17-18-20)16-23(21,22)12-11(13)19(2)6-14-12/h3-7,16H,1-2H3. The number of tetrazole rings is 1. The zero-order chi connectivity index (χ0) is 16.6. The average molecular weight is 354 g/mol. The highest BCUT2D eigenvalue weighted by molar-refractivity contribution is 7.92. The SMILES string of the molecule is Cc1cc(NS(=O)(=O)c2ncn(C)c2Cl)ccc1-n1cnnn1. The van der Waals surface area contributed by atoms with Crippen LogP contribution in [0.1, 0.15) is 5.56 Å². The van der Waals surface area contributed by atoms with Crippen LogP contribution in [0, 0.1) is 6.92 Å². The van der Waals surface area contributed by atoms with Gasteiger partial charge in [0.25, 0.3) is 10.0 Å². The molecule has 2 heterocycles. The van der Waals surface area contributed by atoms with Crippen molar-refractivity contribution in [3.8, 4) is 5.69 Å². The Balaban J connectivity index is 1.92. The van der Waals surface area contributed by atoms with E-state index in [9.17, 15) is 8.42 Å². The third-order valence-corrected chi connectivity index (χ3v) is 5.00. The molecule has 0 amide bonds. The summed E-state index contributed by atoms with van der Waals surface area (Å²) in [5.74, 6) is 0. The monoisotopic (exact) mass is 353 g/mol. The number of nitrogens with zero attached hydrogens (tertiary/aromatic N) is 6. The third-order valence-electron chi connectivity index (χ3n) is 3.13. The Morgan fingerprint density at radius 3 is 2.61 bits per heavy atom. The van der Waals surface area contributed by atoms with Gasteiger partial charge in [0.2, 0.25) is 5.03 Å². The maximum atomic E-state index is 12.4. The molecular weight excluding hydrogens is 342 g/mol. The van der Waals surface area contributed by atoms with E-state index in [1.54, 1.807) is 25.2 Å². The van der Waals surface area contributed by atoms with Gasteiger partial charge in [0.1, 0.15) is 11.5 Å². The molecule has 0 aliphatic heterocycles. The molecule has 0 bridgehead atoms. The number of aromatic nitrogens is 6. The van der Waals surface area contributed by atoms with Crippen LogP contribution in [0.3, 0.4) is 0 Å². The van der Waals surface area contributed by atoms with Crippen molar-refractivity contribution in [3.63, 3.8) is 0 Å². The van der Waals surface area contributed by atoms with E-state index in [2.05, 4.69) is 25.2 Å². The molecule has 0 saturated carbocycles. The van der Waals surface area contributed by atoms with E-state index in [0.29, 0.717) is 5.69 Å². The van der Waals surface area contributed by atoms with Crippen LogP contribution in [-0.4, -0.2) is 38.2 Å². The zero-order valence-corrected chi connectivity index (χ0v) is 13.7. The van der Waals surface area contributed by atoms with E-state index >= 15 is 0 Å². The summed E-state index contributed by atoms with van der Waals surface area (Å²) in [5.41, 5.74) is 1.93. The van der Waals surface area contributed by atoms with Crippen LogP contribution < -0.4 is 4.72 Å². The van der Waals surface area contributed by atoms with Crippen molar-refractivity contribution in [2.75, 3.05) is 4.72 Å². The Morgan fingerprint density at radius 2 is 2.04 bits per heavy atom. The van der Waals surface area contributed by atoms with E-state index in [0.717, 1.165) is 11.3 Å². The Labute approximate surface area is 137 Å². The number of aryl methyl sites for hydroxylation is 2. The first-order valence-corrected chi connectivity index (χ1v) is 8.28. The summed E-state index contributed by atoms with van der Waals surface area (Å²) in [4.78, 5) is 3.81. The first-order chi connectivity index (χ1) is 10.9. The van der Waals surface area contributed by atoms with Crippen molar-refractivity contribution in [2.45, 2.75) is 11.9 Å². The van der Waals surface area contributed by atoms with Gasteiger partial charge in [-0.25, -0.2) is 9.67 Å². The third kappa shape index (κ3) is 2.90. The smallest absolute Gasteiger partial charge is 0.282 e. The predicted molar refractivity (Wildman–Crippen MR) is 82.9 cm³/mol. The van der Waals surface area contributed by atoms with Crippen molar-refractivity contribution in [2.24, 2.45) is 7.05 Å². The highest BCUT2D eigenvalue weighted by atomic mass is 35.5. The van der Waals surface area contributed by atoms with Gasteiger partial charge < -0.3 is 4.57 Å². The lowest BCUT2D eigenvalue weighted by atomic mass is 10.2. The number of benzene rings is 1. The molecule has 0 aliphatic carbocycles. The number of anilines is 1. The maximum absolute atomic E-state index is 12.4. The lowest BCUT2D eigenvalue weighted by molar-refractivity contribution is 0.598. The number of rotatable bonds is 4. The van der Waals surface area contributed by atoms with Crippen LogP contribution in [-0.2, 0) is 17.1 Å². The van der Waals surface area contributed by atoms with Crippen molar-refractivity contribution in [3.05, 3.63) is 41.6 Å². The normalized spacial score (nSPS) is 11.6. The number of halogens is 1. The van der Waals surface area contributed by atoms with Crippen LogP contribution >= 0.6 is 11.6 Å². The van der Waals surface area contributed by atoms with E-state index in [1.165, 1.54) is 21.9 Å². The van der Waals surface area contributed by atoms with Crippen LogP contribution in [0.2, 0.25) is 5.15 Å². The number of hydrogen-bond donors (Lipinski definition) is 1. The predicted octanol–water partition coefficient (Wildman–Crippen LogP) is 1.16. The van der Waals surface area contributed by atoms with E-state index in [4.69, 9.17) is 11.6 Å². The van der Waals surface area contributed by atoms with Crippen molar-refractivity contribution >= 4 is 27.3 Å². The maximum Gasteiger partial charge on any atom is 0.282 e. The van der Waals surface area contributed by atoms with Gasteiger partial charge >= 0.3 is 0 Å². The molecule has 0 atom stereocenters. The van der Waals surface area contributed by atoms with Crippen LogP contribution in [0.4, 0.5) is 5.69 Å². The second-order valence-corrected chi connectivity index (χ2v) is 6.77. The van der Waals surface area contributed by atoms with Crippen LogP contribution in [0.25, 0.3) is 5.69 Å². The van der Waals surface area contributed by atoms with Crippen molar-refractivity contribution < 1.29 is 8.42 Å². The fourth-order valence-electron chi connectivity index (χ4n) is 2.03. The molecule has 1 aromatic carbocycles. The molecule has 9 nitrogen and oxygen atoms in total. The Bertz CT molecular complexity index is 950. The van der Waals surface area contributed by atoms with Gasteiger partial charge in [-0.2, -0.15) is 8.42 Å². The molecule has 0 unspecified atom stereocenters. The summed E-state index contributed by atoms with van der Waals surface area (Å²) in [7, 11) is -2.26. The van der Waals surface area contributed by atoms with Gasteiger partial charge in [0, 0.05) is 12.7 Å². The number of sulfonamides is 1. The van der Waals surface area contributed by atoms with Crippen LogP contribution in [0.5, 0.6) is 0 Å². The van der Waals surface area contributed by atoms with Gasteiger partial charge in [-0.05, 0) is 41.1 Å². The van der Waals surface area contributed by atoms with E-state index in [-0.39, 0.29) is 10.2 Å². The minimum absolute atomic E-state index is 0.0412. The lowest BCUT2D eigenvalue weighted by Crippen LogP contribution is -2.14. The first kappa shape index (κ1) is 15.4. The zero-order valence-electron chi connectivity index (χ0n) is 12.2. The van der Waals surface area contributed by atoms with Gasteiger partial charge in [0.15, 0.2) is 0 Å². The molecule has 23 heavy (non-hydrogen) atoms. The summed E-state index contributed by atoms with van der Waals surface area (Å²) in [6.45, 7) is 1.82. The van der Waals surface area contributed by atoms with E-state index < -0.39 is 10.0 Å². The van der Waals surface area contributed by atoms with Gasteiger partial charge in [-0.15, -0.1) is 5.10 Å². The minimum Gasteiger partial charge on any atom is -0.324 e. The number of hydrogen-bond acceptors (Lipinski definition) is 6. The molecular formula is C12H12ClN7O2S. The average Bonchev–Trinajstić information content (AvgIpc) is 3.10. The molecule has 0 spiro atoms. The van der Waals surface area contributed by atoms with Gasteiger partial charge in [-0.3, -0.25) is 4.72 Å². The fourth-order valence-corrected chi connectivity index (χ4v) is 3.51. The molecule has 0 radical (unpaired) electrons. The molecule has 3 aromatic rings. The largest absolute Gasteiger partial charge is 0.324 e. The minimum atomic E-state index is -3.87. The molecule has 0 aliphatic rings. The Morgan fingerprint density at radius 1 is 1.26 bits per heavy atom. The topological polar surface area (TPSA) is 108 Å². The molecule has 11 heteroatoms. The Hall–Kier alpha value is -2.46. The highest BCUT2D eigenvalue weighted by Gasteiger charge is 2.22. The summed E-state index contributed by atoms with van der Waals surface area (Å²) in [5, 5.41) is 10.8. The molecule has 0 saturated heterocycles.